The number of phenols is 1. The molecule has 3 aromatic rings. The van der Waals surface area contributed by atoms with Crippen molar-refractivity contribution in [2.45, 2.75) is 17.7 Å². The highest BCUT2D eigenvalue weighted by molar-refractivity contribution is 7.89. The summed E-state index contributed by atoms with van der Waals surface area (Å²) in [5.74, 6) is -0.145. The highest BCUT2D eigenvalue weighted by Gasteiger charge is 2.21. The van der Waals surface area contributed by atoms with Gasteiger partial charge in [0.25, 0.3) is 0 Å². The molecule has 0 heterocycles. The molecule has 0 aliphatic heterocycles. The Morgan fingerprint density at radius 3 is 2.15 bits per heavy atom. The van der Waals surface area contributed by atoms with Crippen molar-refractivity contribution >= 4 is 10.0 Å². The quantitative estimate of drug-likeness (QED) is 0.696. The molecule has 0 aliphatic rings. The Morgan fingerprint density at radius 1 is 0.885 bits per heavy atom. The fourth-order valence-corrected chi connectivity index (χ4v) is 3.92. The maximum Gasteiger partial charge on any atom is 0.240 e. The number of benzene rings is 3. The monoisotopic (exact) mass is 367 g/mol. The van der Waals surface area contributed by atoms with Crippen molar-refractivity contribution in [3.05, 3.63) is 95.6 Å². The lowest BCUT2D eigenvalue weighted by molar-refractivity contribution is 0.464. The van der Waals surface area contributed by atoms with Crippen LogP contribution in [-0.2, 0) is 10.0 Å². The van der Waals surface area contributed by atoms with Crippen molar-refractivity contribution in [2.24, 2.45) is 0 Å². The zero-order valence-electron chi connectivity index (χ0n) is 14.5. The molecule has 1 atom stereocenters. The number of hydrogen-bond donors (Lipinski definition) is 2. The largest absolute Gasteiger partial charge is 0.508 e. The number of hydrogen-bond acceptors (Lipinski definition) is 3. The van der Waals surface area contributed by atoms with E-state index in [1.54, 1.807) is 36.4 Å². The molecular formula is C21H21NO3S. The first-order valence-electron chi connectivity index (χ1n) is 8.36. The van der Waals surface area contributed by atoms with Gasteiger partial charge < -0.3 is 5.11 Å². The van der Waals surface area contributed by atoms with Gasteiger partial charge in [0.2, 0.25) is 10.0 Å². The van der Waals surface area contributed by atoms with Crippen LogP contribution in [0.2, 0.25) is 0 Å². The number of phenolic OH excluding ortho intramolecular Hbond substituents is 1. The van der Waals surface area contributed by atoms with Gasteiger partial charge in [-0.3, -0.25) is 0 Å². The predicted octanol–water partition coefficient (Wildman–Crippen LogP) is 3.81. The summed E-state index contributed by atoms with van der Waals surface area (Å²) >= 11 is 0. The van der Waals surface area contributed by atoms with Gasteiger partial charge in [-0.25, -0.2) is 13.1 Å². The molecule has 3 rings (SSSR count). The van der Waals surface area contributed by atoms with E-state index in [0.717, 1.165) is 11.1 Å². The molecule has 0 saturated carbocycles. The number of aromatic hydroxyl groups is 1. The van der Waals surface area contributed by atoms with Crippen LogP contribution < -0.4 is 4.72 Å². The molecule has 0 aliphatic carbocycles. The molecule has 0 unspecified atom stereocenters. The molecule has 0 saturated heterocycles. The maximum absolute atomic E-state index is 12.6. The molecule has 5 heteroatoms. The molecule has 0 fully saturated rings. The lowest BCUT2D eigenvalue weighted by Gasteiger charge is -2.20. The second-order valence-corrected chi connectivity index (χ2v) is 7.95. The molecule has 0 aromatic heterocycles. The van der Waals surface area contributed by atoms with Gasteiger partial charge in [0.05, 0.1) is 4.90 Å². The minimum Gasteiger partial charge on any atom is -0.508 e. The Bertz CT molecular complexity index is 968. The van der Waals surface area contributed by atoms with Crippen LogP contribution in [0, 0.1) is 6.92 Å². The van der Waals surface area contributed by atoms with Gasteiger partial charge in [0.15, 0.2) is 0 Å². The molecule has 0 radical (unpaired) electrons. The van der Waals surface area contributed by atoms with Crippen LogP contribution in [0.5, 0.6) is 5.75 Å². The highest BCUT2D eigenvalue weighted by atomic mass is 32.2. The molecular weight excluding hydrogens is 346 g/mol. The normalized spacial score (nSPS) is 12.7. The highest BCUT2D eigenvalue weighted by Crippen LogP contribution is 2.31. The third kappa shape index (κ3) is 4.12. The van der Waals surface area contributed by atoms with Gasteiger partial charge in [-0.05, 0) is 30.7 Å². The standard InChI is InChI=1S/C21H21NO3S/c1-16-11-13-18(14-12-16)26(24,25)22-15-20(17-7-3-2-4-8-17)19-9-5-6-10-21(19)23/h2-14,20,22-23H,15H2,1H3/t20-/m0/s1. The van der Waals surface area contributed by atoms with E-state index in [1.165, 1.54) is 0 Å². The van der Waals surface area contributed by atoms with Gasteiger partial charge in [-0.1, -0.05) is 66.2 Å². The Kier molecular flexibility index (Phi) is 5.40. The van der Waals surface area contributed by atoms with Gasteiger partial charge in [0.1, 0.15) is 5.75 Å². The smallest absolute Gasteiger partial charge is 0.240 e. The SMILES string of the molecule is Cc1ccc(S(=O)(=O)NC[C@@H](c2ccccc2)c2ccccc2O)cc1. The average Bonchev–Trinajstić information content (AvgIpc) is 2.64. The van der Waals surface area contributed by atoms with Crippen LogP contribution in [-0.4, -0.2) is 20.1 Å². The molecule has 0 amide bonds. The van der Waals surface area contributed by atoms with E-state index in [2.05, 4.69) is 4.72 Å². The third-order valence-corrected chi connectivity index (χ3v) is 5.76. The second-order valence-electron chi connectivity index (χ2n) is 6.19. The summed E-state index contributed by atoms with van der Waals surface area (Å²) in [7, 11) is -3.63. The number of sulfonamides is 1. The average molecular weight is 367 g/mol. The summed E-state index contributed by atoms with van der Waals surface area (Å²) in [5.41, 5.74) is 2.62. The summed E-state index contributed by atoms with van der Waals surface area (Å²) in [6, 6.07) is 23.3. The molecule has 3 aromatic carbocycles. The van der Waals surface area contributed by atoms with Crippen molar-refractivity contribution < 1.29 is 13.5 Å². The molecule has 0 bridgehead atoms. The van der Waals surface area contributed by atoms with Crippen LogP contribution in [0.3, 0.4) is 0 Å². The Hall–Kier alpha value is -2.63. The molecule has 4 nitrogen and oxygen atoms in total. The minimum absolute atomic E-state index is 0.149. The minimum atomic E-state index is -3.63. The predicted molar refractivity (Wildman–Crippen MR) is 103 cm³/mol. The van der Waals surface area contributed by atoms with Crippen LogP contribution in [0.1, 0.15) is 22.6 Å². The van der Waals surface area contributed by atoms with E-state index in [4.69, 9.17) is 0 Å². The Morgan fingerprint density at radius 2 is 1.50 bits per heavy atom. The third-order valence-electron chi connectivity index (χ3n) is 4.32. The first-order valence-corrected chi connectivity index (χ1v) is 9.85. The maximum atomic E-state index is 12.6. The van der Waals surface area contributed by atoms with Crippen molar-refractivity contribution in [3.8, 4) is 5.75 Å². The first kappa shape index (κ1) is 18.2. The van der Waals surface area contributed by atoms with E-state index < -0.39 is 10.0 Å². The summed E-state index contributed by atoms with van der Waals surface area (Å²) in [4.78, 5) is 0.229. The Balaban J connectivity index is 1.89. The van der Waals surface area contributed by atoms with E-state index in [1.807, 2.05) is 49.4 Å². The fourth-order valence-electron chi connectivity index (χ4n) is 2.87. The molecule has 0 spiro atoms. The van der Waals surface area contributed by atoms with Crippen LogP contribution in [0.4, 0.5) is 0 Å². The summed E-state index contributed by atoms with van der Waals surface area (Å²) < 4.78 is 27.9. The van der Waals surface area contributed by atoms with Gasteiger partial charge in [-0.15, -0.1) is 0 Å². The van der Waals surface area contributed by atoms with Crippen molar-refractivity contribution in [1.82, 2.24) is 4.72 Å². The summed E-state index contributed by atoms with van der Waals surface area (Å²) in [5, 5.41) is 10.2. The zero-order chi connectivity index (χ0) is 18.6. The van der Waals surface area contributed by atoms with Gasteiger partial charge in [-0.2, -0.15) is 0 Å². The summed E-state index contributed by atoms with van der Waals surface area (Å²) in [6.45, 7) is 2.06. The molecule has 2 N–H and O–H groups in total. The fraction of sp³-hybridized carbons (Fsp3) is 0.143. The summed E-state index contributed by atoms with van der Waals surface area (Å²) in [6.07, 6.45) is 0. The zero-order valence-corrected chi connectivity index (χ0v) is 15.3. The number of nitrogens with one attached hydrogen (secondary N) is 1. The van der Waals surface area contributed by atoms with Crippen molar-refractivity contribution in [2.75, 3.05) is 6.54 Å². The topological polar surface area (TPSA) is 66.4 Å². The van der Waals surface area contributed by atoms with E-state index >= 15 is 0 Å². The van der Waals surface area contributed by atoms with Crippen LogP contribution in [0.15, 0.2) is 83.8 Å². The van der Waals surface area contributed by atoms with Crippen molar-refractivity contribution in [1.29, 1.82) is 0 Å². The van der Waals surface area contributed by atoms with Crippen molar-refractivity contribution in [3.63, 3.8) is 0 Å². The lowest BCUT2D eigenvalue weighted by Crippen LogP contribution is -2.29. The first-order chi connectivity index (χ1) is 12.5. The molecule has 134 valence electrons. The van der Waals surface area contributed by atoms with E-state index in [0.29, 0.717) is 5.56 Å². The molecule has 26 heavy (non-hydrogen) atoms. The number of rotatable bonds is 6. The van der Waals surface area contributed by atoms with Gasteiger partial charge >= 0.3 is 0 Å². The lowest BCUT2D eigenvalue weighted by atomic mass is 9.91. The van der Waals surface area contributed by atoms with Crippen LogP contribution >= 0.6 is 0 Å². The number of para-hydroxylation sites is 1. The van der Waals surface area contributed by atoms with Crippen LogP contribution in [0.25, 0.3) is 0 Å². The van der Waals surface area contributed by atoms with Gasteiger partial charge in [0, 0.05) is 18.0 Å². The number of aryl methyl sites for hydroxylation is 1. The van der Waals surface area contributed by atoms with E-state index in [-0.39, 0.29) is 23.1 Å². The second kappa shape index (κ2) is 7.72. The Labute approximate surface area is 154 Å². The van der Waals surface area contributed by atoms with E-state index in [9.17, 15) is 13.5 Å².